The summed E-state index contributed by atoms with van der Waals surface area (Å²) < 4.78 is 5.20. The van der Waals surface area contributed by atoms with E-state index in [0.717, 1.165) is 10.2 Å². The molecule has 0 bridgehead atoms. The molecule has 2 aromatic heterocycles. The second-order valence-corrected chi connectivity index (χ2v) is 5.07. The normalized spacial score (nSPS) is 23.3. The summed E-state index contributed by atoms with van der Waals surface area (Å²) in [5, 5.41) is 15.1. The number of carboxylic acid groups (broad SMARTS) is 1. The van der Waals surface area contributed by atoms with Crippen LogP contribution in [0.1, 0.15) is 6.42 Å². The topological polar surface area (TPSA) is 84.3 Å². The van der Waals surface area contributed by atoms with Gasteiger partial charge in [-0.25, -0.2) is 14.8 Å². The minimum absolute atomic E-state index is 0.151. The molecule has 1 unspecified atom stereocenters. The number of nitrogens with zero attached hydrogens (tertiary/aromatic N) is 2. The molecule has 3 heterocycles. The van der Waals surface area contributed by atoms with Gasteiger partial charge in [0.15, 0.2) is 5.54 Å². The first kappa shape index (κ1) is 11.4. The van der Waals surface area contributed by atoms with E-state index in [9.17, 15) is 9.90 Å². The van der Waals surface area contributed by atoms with Crippen molar-refractivity contribution in [3.8, 4) is 0 Å². The van der Waals surface area contributed by atoms with Crippen LogP contribution >= 0.6 is 11.3 Å². The van der Waals surface area contributed by atoms with Gasteiger partial charge in [0.05, 0.1) is 12.0 Å². The molecule has 3 rings (SSSR count). The average molecular weight is 265 g/mol. The van der Waals surface area contributed by atoms with Crippen LogP contribution in [-0.4, -0.2) is 39.8 Å². The van der Waals surface area contributed by atoms with E-state index in [1.54, 1.807) is 0 Å². The molecule has 1 atom stereocenters. The van der Waals surface area contributed by atoms with Gasteiger partial charge in [-0.2, -0.15) is 0 Å². The van der Waals surface area contributed by atoms with Crippen molar-refractivity contribution < 1.29 is 14.6 Å². The maximum absolute atomic E-state index is 11.4. The molecule has 0 aromatic carbocycles. The summed E-state index contributed by atoms with van der Waals surface area (Å²) in [5.41, 5.74) is -1.08. The van der Waals surface area contributed by atoms with Gasteiger partial charge in [-0.05, 0) is 11.4 Å². The Morgan fingerprint density at radius 3 is 3.17 bits per heavy atom. The molecule has 1 aliphatic heterocycles. The zero-order chi connectivity index (χ0) is 12.6. The van der Waals surface area contributed by atoms with Crippen LogP contribution in [0.3, 0.4) is 0 Å². The fraction of sp³-hybridized carbons (Fsp3) is 0.364. The lowest BCUT2D eigenvalue weighted by atomic mass is 9.99. The Kier molecular flexibility index (Phi) is 2.64. The molecular weight excluding hydrogens is 254 g/mol. The molecule has 6 nitrogen and oxygen atoms in total. The first-order valence-electron chi connectivity index (χ1n) is 5.49. The second kappa shape index (κ2) is 4.18. The van der Waals surface area contributed by atoms with Crippen LogP contribution in [0.5, 0.6) is 0 Å². The van der Waals surface area contributed by atoms with Gasteiger partial charge in [-0.3, -0.25) is 0 Å². The van der Waals surface area contributed by atoms with E-state index in [1.807, 2.05) is 11.4 Å². The van der Waals surface area contributed by atoms with Gasteiger partial charge in [0, 0.05) is 13.0 Å². The highest BCUT2D eigenvalue weighted by Crippen LogP contribution is 2.29. The van der Waals surface area contributed by atoms with Crippen LogP contribution < -0.4 is 5.32 Å². The molecule has 0 radical (unpaired) electrons. The molecule has 2 aromatic rings. The standard InChI is InChI=1S/C11H11N3O3S/c15-10(16)11(2-3-17-5-11)14-8-7-1-4-18-9(7)13-6-12-8/h1,4,6H,2-3,5H2,(H,15,16)(H,12,13,14). The Hall–Kier alpha value is -1.73. The van der Waals surface area contributed by atoms with E-state index in [0.29, 0.717) is 18.8 Å². The molecule has 0 saturated carbocycles. The van der Waals surface area contributed by atoms with E-state index in [1.165, 1.54) is 17.7 Å². The Morgan fingerprint density at radius 1 is 1.56 bits per heavy atom. The molecule has 7 heteroatoms. The minimum Gasteiger partial charge on any atom is -0.479 e. The zero-order valence-corrected chi connectivity index (χ0v) is 10.2. The number of thiophene rings is 1. The smallest absolute Gasteiger partial charge is 0.331 e. The van der Waals surface area contributed by atoms with Gasteiger partial charge >= 0.3 is 5.97 Å². The Morgan fingerprint density at radius 2 is 2.44 bits per heavy atom. The third-order valence-corrected chi connectivity index (χ3v) is 3.87. The van der Waals surface area contributed by atoms with Crippen LogP contribution in [0.25, 0.3) is 10.2 Å². The molecule has 2 N–H and O–H groups in total. The molecule has 18 heavy (non-hydrogen) atoms. The van der Waals surface area contributed by atoms with Crippen molar-refractivity contribution in [1.29, 1.82) is 0 Å². The van der Waals surface area contributed by atoms with Gasteiger partial charge < -0.3 is 15.2 Å². The fourth-order valence-corrected chi connectivity index (χ4v) is 2.73. The highest BCUT2D eigenvalue weighted by molar-refractivity contribution is 7.16. The summed E-state index contributed by atoms with van der Waals surface area (Å²) in [5.74, 6) is -0.365. The summed E-state index contributed by atoms with van der Waals surface area (Å²) in [4.78, 5) is 20.5. The molecule has 0 spiro atoms. The molecule has 1 fully saturated rings. The van der Waals surface area contributed by atoms with E-state index in [4.69, 9.17) is 4.74 Å². The summed E-state index contributed by atoms with van der Waals surface area (Å²) >= 11 is 1.50. The monoisotopic (exact) mass is 265 g/mol. The first-order chi connectivity index (χ1) is 8.71. The number of fused-ring (bicyclic) bond motifs is 1. The predicted molar refractivity (Wildman–Crippen MR) is 66.8 cm³/mol. The quantitative estimate of drug-likeness (QED) is 0.871. The minimum atomic E-state index is -1.08. The van der Waals surface area contributed by atoms with Crippen molar-refractivity contribution in [1.82, 2.24) is 9.97 Å². The number of carbonyl (C=O) groups is 1. The predicted octanol–water partition coefficient (Wildman–Crippen LogP) is 1.35. The van der Waals surface area contributed by atoms with Gasteiger partial charge in [-0.1, -0.05) is 0 Å². The summed E-state index contributed by atoms with van der Waals surface area (Å²) in [6.45, 7) is 0.592. The van der Waals surface area contributed by atoms with Crippen LogP contribution in [-0.2, 0) is 9.53 Å². The highest BCUT2D eigenvalue weighted by Gasteiger charge is 2.43. The number of nitrogens with one attached hydrogen (secondary N) is 1. The van der Waals surface area contributed by atoms with Crippen LogP contribution in [0.4, 0.5) is 5.82 Å². The van der Waals surface area contributed by atoms with Crippen LogP contribution in [0, 0.1) is 0 Å². The summed E-state index contributed by atoms with van der Waals surface area (Å²) in [7, 11) is 0. The lowest BCUT2D eigenvalue weighted by molar-refractivity contribution is -0.142. The number of hydrogen-bond acceptors (Lipinski definition) is 6. The van der Waals surface area contributed by atoms with E-state index >= 15 is 0 Å². The van der Waals surface area contributed by atoms with Crippen molar-refractivity contribution in [3.63, 3.8) is 0 Å². The lowest BCUT2D eigenvalue weighted by Crippen LogP contribution is -2.47. The number of anilines is 1. The molecule has 1 saturated heterocycles. The number of carboxylic acids is 1. The highest BCUT2D eigenvalue weighted by atomic mass is 32.1. The third kappa shape index (κ3) is 1.72. The van der Waals surface area contributed by atoms with Gasteiger partial charge in [0.1, 0.15) is 17.0 Å². The zero-order valence-electron chi connectivity index (χ0n) is 9.42. The van der Waals surface area contributed by atoms with Crippen molar-refractivity contribution in [3.05, 3.63) is 17.8 Å². The largest absolute Gasteiger partial charge is 0.479 e. The molecule has 0 amide bonds. The van der Waals surface area contributed by atoms with Crippen molar-refractivity contribution in [2.24, 2.45) is 0 Å². The first-order valence-corrected chi connectivity index (χ1v) is 6.37. The maximum Gasteiger partial charge on any atom is 0.331 e. The lowest BCUT2D eigenvalue weighted by Gasteiger charge is -2.24. The maximum atomic E-state index is 11.4. The summed E-state index contributed by atoms with van der Waals surface area (Å²) in [6, 6.07) is 1.88. The van der Waals surface area contributed by atoms with Crippen molar-refractivity contribution >= 4 is 33.3 Å². The van der Waals surface area contributed by atoms with E-state index in [2.05, 4.69) is 15.3 Å². The van der Waals surface area contributed by atoms with Gasteiger partial charge in [0.2, 0.25) is 0 Å². The number of ether oxygens (including phenoxy) is 1. The van der Waals surface area contributed by atoms with Gasteiger partial charge in [-0.15, -0.1) is 11.3 Å². The SMILES string of the molecule is O=C(O)C1(Nc2ncnc3sccc23)CCOC1. The molecule has 0 aliphatic carbocycles. The number of hydrogen-bond donors (Lipinski definition) is 2. The van der Waals surface area contributed by atoms with E-state index in [-0.39, 0.29) is 6.61 Å². The summed E-state index contributed by atoms with van der Waals surface area (Å²) in [6.07, 6.45) is 1.87. The van der Waals surface area contributed by atoms with Crippen LogP contribution in [0.2, 0.25) is 0 Å². The Bertz CT molecular complexity index is 592. The molecule has 94 valence electrons. The van der Waals surface area contributed by atoms with Crippen LogP contribution in [0.15, 0.2) is 17.8 Å². The third-order valence-electron chi connectivity index (χ3n) is 3.05. The van der Waals surface area contributed by atoms with E-state index < -0.39 is 11.5 Å². The molecular formula is C11H11N3O3S. The number of aromatic nitrogens is 2. The molecule has 1 aliphatic rings. The number of rotatable bonds is 3. The van der Waals surface area contributed by atoms with Crippen molar-refractivity contribution in [2.45, 2.75) is 12.0 Å². The van der Waals surface area contributed by atoms with Crippen molar-refractivity contribution in [2.75, 3.05) is 18.5 Å². The average Bonchev–Trinajstić information content (AvgIpc) is 2.98. The Balaban J connectivity index is 2.00. The fourth-order valence-electron chi connectivity index (χ4n) is 2.00. The number of aliphatic carboxylic acids is 1. The van der Waals surface area contributed by atoms with Gasteiger partial charge in [0.25, 0.3) is 0 Å². The second-order valence-electron chi connectivity index (χ2n) is 4.18. The Labute approximate surface area is 107 Å².